The molecule has 2 aromatic rings. The summed E-state index contributed by atoms with van der Waals surface area (Å²) in [5.74, 6) is -1.24. The fourth-order valence-corrected chi connectivity index (χ4v) is 2.04. The van der Waals surface area contributed by atoms with Gasteiger partial charge in [0.1, 0.15) is 5.82 Å². The van der Waals surface area contributed by atoms with Crippen LogP contribution in [0.3, 0.4) is 0 Å². The van der Waals surface area contributed by atoms with Gasteiger partial charge in [-0.2, -0.15) is 0 Å². The van der Waals surface area contributed by atoms with Crippen LogP contribution in [0.15, 0.2) is 48.5 Å². The zero-order valence-electron chi connectivity index (χ0n) is 11.4. The van der Waals surface area contributed by atoms with Gasteiger partial charge < -0.3 is 16.2 Å². The van der Waals surface area contributed by atoms with Gasteiger partial charge in [0, 0.05) is 5.69 Å². The van der Waals surface area contributed by atoms with Gasteiger partial charge >= 0.3 is 0 Å². The van der Waals surface area contributed by atoms with Crippen molar-refractivity contribution in [3.63, 3.8) is 0 Å². The predicted molar refractivity (Wildman–Crippen MR) is 79.3 cm³/mol. The highest BCUT2D eigenvalue weighted by atomic mass is 19.1. The summed E-state index contributed by atoms with van der Waals surface area (Å²) in [5, 5.41) is 12.0. The minimum atomic E-state index is -0.677. The van der Waals surface area contributed by atoms with E-state index in [9.17, 15) is 14.3 Å². The van der Waals surface area contributed by atoms with E-state index in [-0.39, 0.29) is 17.9 Å². The molecule has 0 saturated heterocycles. The summed E-state index contributed by atoms with van der Waals surface area (Å²) in [4.78, 5) is 12.0. The van der Waals surface area contributed by atoms with Crippen molar-refractivity contribution in [2.24, 2.45) is 0 Å². The molecule has 0 aliphatic rings. The molecular weight excluding hydrogens is 271 g/mol. The van der Waals surface area contributed by atoms with Crippen molar-refractivity contribution in [1.29, 1.82) is 0 Å². The Morgan fingerprint density at radius 2 is 1.95 bits per heavy atom. The number of benzene rings is 2. The Hall–Kier alpha value is -2.40. The molecule has 1 amide bonds. The lowest BCUT2D eigenvalue weighted by Gasteiger charge is -2.16. The van der Waals surface area contributed by atoms with Gasteiger partial charge in [-0.25, -0.2) is 4.39 Å². The van der Waals surface area contributed by atoms with Crippen LogP contribution < -0.4 is 11.1 Å². The molecular formula is C16H17FN2O2. The highest BCUT2D eigenvalue weighted by molar-refractivity contribution is 5.95. The van der Waals surface area contributed by atoms with Crippen LogP contribution in [0, 0.1) is 5.82 Å². The summed E-state index contributed by atoms with van der Waals surface area (Å²) >= 11 is 0. The monoisotopic (exact) mass is 288 g/mol. The topological polar surface area (TPSA) is 75.4 Å². The molecule has 5 heteroatoms. The maximum absolute atomic E-state index is 13.7. The number of carbonyl (C=O) groups excluding carboxylic acids is 1. The largest absolute Gasteiger partial charge is 0.399 e. The number of carbonyl (C=O) groups is 1. The number of rotatable bonds is 5. The minimum Gasteiger partial charge on any atom is -0.399 e. The van der Waals surface area contributed by atoms with Gasteiger partial charge in [0.05, 0.1) is 18.2 Å². The number of nitrogens with one attached hydrogen (secondary N) is 1. The van der Waals surface area contributed by atoms with E-state index in [2.05, 4.69) is 5.32 Å². The summed E-state index contributed by atoms with van der Waals surface area (Å²) in [5.41, 5.74) is 6.60. The fourth-order valence-electron chi connectivity index (χ4n) is 2.04. The van der Waals surface area contributed by atoms with Crippen LogP contribution in [-0.4, -0.2) is 23.7 Å². The number of aliphatic hydroxyl groups excluding tert-OH is 1. The average molecular weight is 288 g/mol. The van der Waals surface area contributed by atoms with Gasteiger partial charge in [0.2, 0.25) is 0 Å². The van der Waals surface area contributed by atoms with E-state index >= 15 is 0 Å². The molecule has 4 nitrogen and oxygen atoms in total. The first-order valence-electron chi connectivity index (χ1n) is 6.61. The van der Waals surface area contributed by atoms with Crippen molar-refractivity contribution in [3.8, 4) is 0 Å². The molecule has 110 valence electrons. The van der Waals surface area contributed by atoms with E-state index in [4.69, 9.17) is 5.73 Å². The Labute approximate surface area is 122 Å². The maximum Gasteiger partial charge on any atom is 0.254 e. The Morgan fingerprint density at radius 1 is 1.24 bits per heavy atom. The van der Waals surface area contributed by atoms with Crippen molar-refractivity contribution in [2.75, 3.05) is 12.3 Å². The van der Waals surface area contributed by atoms with E-state index in [1.807, 2.05) is 30.3 Å². The molecule has 0 saturated carbocycles. The molecule has 0 aliphatic heterocycles. The third-order valence-corrected chi connectivity index (χ3v) is 3.12. The van der Waals surface area contributed by atoms with Gasteiger partial charge in [0.25, 0.3) is 5.91 Å². The van der Waals surface area contributed by atoms with Crippen LogP contribution in [0.25, 0.3) is 0 Å². The van der Waals surface area contributed by atoms with Crippen molar-refractivity contribution >= 4 is 11.6 Å². The number of nitrogen functional groups attached to an aromatic ring is 1. The highest BCUT2D eigenvalue weighted by Gasteiger charge is 2.16. The van der Waals surface area contributed by atoms with Crippen molar-refractivity contribution < 1.29 is 14.3 Å². The first-order valence-corrected chi connectivity index (χ1v) is 6.61. The SMILES string of the molecule is Nc1ccc(C(=O)N[C@H](CO)Cc2ccccc2)c(F)c1. The molecule has 4 N–H and O–H groups in total. The fraction of sp³-hybridized carbons (Fsp3) is 0.188. The van der Waals surface area contributed by atoms with E-state index in [0.717, 1.165) is 11.6 Å². The molecule has 0 unspecified atom stereocenters. The second-order valence-electron chi connectivity index (χ2n) is 4.78. The standard InChI is InChI=1S/C16H17FN2O2/c17-15-9-12(18)6-7-14(15)16(21)19-13(10-20)8-11-4-2-1-3-5-11/h1-7,9,13,20H,8,10,18H2,(H,19,21)/t13-/m0/s1. The van der Waals surface area contributed by atoms with Gasteiger partial charge in [-0.05, 0) is 30.2 Å². The molecule has 0 aliphatic carbocycles. The highest BCUT2D eigenvalue weighted by Crippen LogP contribution is 2.12. The summed E-state index contributed by atoms with van der Waals surface area (Å²) in [6.07, 6.45) is 0.472. The first kappa shape index (κ1) is 15.0. The lowest BCUT2D eigenvalue weighted by molar-refractivity contribution is 0.0912. The van der Waals surface area contributed by atoms with Crippen LogP contribution in [0.5, 0.6) is 0 Å². The molecule has 0 radical (unpaired) electrons. The molecule has 1 atom stereocenters. The maximum atomic E-state index is 13.7. The third-order valence-electron chi connectivity index (χ3n) is 3.12. The smallest absolute Gasteiger partial charge is 0.254 e. The van der Waals surface area contributed by atoms with Gasteiger partial charge in [-0.1, -0.05) is 30.3 Å². The number of aliphatic hydroxyl groups is 1. The summed E-state index contributed by atoms with van der Waals surface area (Å²) < 4.78 is 13.7. The van der Waals surface area contributed by atoms with Gasteiger partial charge in [-0.15, -0.1) is 0 Å². The molecule has 2 rings (SSSR count). The van der Waals surface area contributed by atoms with E-state index < -0.39 is 17.8 Å². The van der Waals surface area contributed by atoms with Crippen molar-refractivity contribution in [2.45, 2.75) is 12.5 Å². The van der Waals surface area contributed by atoms with Crippen LogP contribution in [-0.2, 0) is 6.42 Å². The van der Waals surface area contributed by atoms with Crippen LogP contribution >= 0.6 is 0 Å². The number of nitrogens with two attached hydrogens (primary N) is 1. The van der Waals surface area contributed by atoms with Crippen molar-refractivity contribution in [1.82, 2.24) is 5.32 Å². The second-order valence-corrected chi connectivity index (χ2v) is 4.78. The molecule has 0 bridgehead atoms. The number of halogens is 1. The average Bonchev–Trinajstić information content (AvgIpc) is 2.47. The van der Waals surface area contributed by atoms with Gasteiger partial charge in [-0.3, -0.25) is 4.79 Å². The Bertz CT molecular complexity index is 617. The summed E-state index contributed by atoms with van der Waals surface area (Å²) in [6.45, 7) is -0.225. The van der Waals surface area contributed by atoms with Gasteiger partial charge in [0.15, 0.2) is 0 Å². The molecule has 0 spiro atoms. The molecule has 21 heavy (non-hydrogen) atoms. The normalized spacial score (nSPS) is 11.9. The zero-order chi connectivity index (χ0) is 15.2. The predicted octanol–water partition coefficient (Wildman–Crippen LogP) is 1.74. The lowest BCUT2D eigenvalue weighted by Crippen LogP contribution is -2.39. The number of hydrogen-bond donors (Lipinski definition) is 3. The van der Waals surface area contributed by atoms with E-state index in [1.165, 1.54) is 12.1 Å². The van der Waals surface area contributed by atoms with E-state index in [0.29, 0.717) is 6.42 Å². The first-order chi connectivity index (χ1) is 10.1. The Kier molecular flexibility index (Phi) is 4.90. The lowest BCUT2D eigenvalue weighted by atomic mass is 10.1. The molecule has 0 heterocycles. The third kappa shape index (κ3) is 4.03. The minimum absolute atomic E-state index is 0.0873. The zero-order valence-corrected chi connectivity index (χ0v) is 11.4. The van der Waals surface area contributed by atoms with E-state index in [1.54, 1.807) is 0 Å². The van der Waals surface area contributed by atoms with Crippen LogP contribution in [0.2, 0.25) is 0 Å². The Balaban J connectivity index is 2.06. The molecule has 2 aromatic carbocycles. The van der Waals surface area contributed by atoms with Crippen LogP contribution in [0.1, 0.15) is 15.9 Å². The molecule has 0 fully saturated rings. The van der Waals surface area contributed by atoms with Crippen molar-refractivity contribution in [3.05, 3.63) is 65.5 Å². The quantitative estimate of drug-likeness (QED) is 0.734. The molecule has 0 aromatic heterocycles. The Morgan fingerprint density at radius 3 is 2.57 bits per heavy atom. The van der Waals surface area contributed by atoms with Crippen LogP contribution in [0.4, 0.5) is 10.1 Å². The number of amides is 1. The second kappa shape index (κ2) is 6.85. The summed E-state index contributed by atoms with van der Waals surface area (Å²) in [6, 6.07) is 12.9. The number of anilines is 1. The number of hydrogen-bond acceptors (Lipinski definition) is 3. The summed E-state index contributed by atoms with van der Waals surface area (Å²) in [7, 11) is 0.